The molecule has 27 heavy (non-hydrogen) atoms. The van der Waals surface area contributed by atoms with Crippen molar-refractivity contribution in [2.24, 2.45) is 5.92 Å². The minimum absolute atomic E-state index is 0.0445. The summed E-state index contributed by atoms with van der Waals surface area (Å²) in [6.07, 6.45) is 1.01. The van der Waals surface area contributed by atoms with Gasteiger partial charge in [-0.1, -0.05) is 97.9 Å². The summed E-state index contributed by atoms with van der Waals surface area (Å²) >= 11 is 0. The Morgan fingerprint density at radius 3 is 1.70 bits per heavy atom. The van der Waals surface area contributed by atoms with E-state index >= 15 is 0 Å². The molecule has 0 saturated heterocycles. The van der Waals surface area contributed by atoms with Crippen LogP contribution in [0.4, 0.5) is 0 Å². The second-order valence-corrected chi connectivity index (χ2v) is 7.40. The first-order chi connectivity index (χ1) is 13.1. The Hall–Kier alpha value is -2.42. The molecule has 0 heterocycles. The van der Waals surface area contributed by atoms with E-state index in [9.17, 15) is 5.11 Å². The first-order valence-corrected chi connectivity index (χ1v) is 9.66. The van der Waals surface area contributed by atoms with Crippen LogP contribution in [0.25, 0.3) is 0 Å². The van der Waals surface area contributed by atoms with Gasteiger partial charge in [-0.3, -0.25) is 0 Å². The standard InChI is InChI=1S/C25H29NO/c1-21(20-26(2)19-18-22-12-6-3-7-13-22)25(27,23-14-8-4-9-15-23)24-16-10-5-11-17-24/h3-17,21,27H,18-20H2,1-2H3. The summed E-state index contributed by atoms with van der Waals surface area (Å²) in [5.41, 5.74) is 2.22. The van der Waals surface area contributed by atoms with Crippen LogP contribution >= 0.6 is 0 Å². The summed E-state index contributed by atoms with van der Waals surface area (Å²) in [7, 11) is 2.13. The van der Waals surface area contributed by atoms with Crippen LogP contribution in [-0.4, -0.2) is 30.1 Å². The summed E-state index contributed by atoms with van der Waals surface area (Å²) in [5, 5.41) is 11.8. The second kappa shape index (κ2) is 8.98. The predicted molar refractivity (Wildman–Crippen MR) is 113 cm³/mol. The fourth-order valence-electron chi connectivity index (χ4n) is 3.78. The lowest BCUT2D eigenvalue weighted by molar-refractivity contribution is 0.0108. The zero-order valence-corrected chi connectivity index (χ0v) is 16.3. The molecule has 3 aromatic carbocycles. The van der Waals surface area contributed by atoms with Gasteiger partial charge in [-0.2, -0.15) is 0 Å². The van der Waals surface area contributed by atoms with Crippen molar-refractivity contribution in [2.75, 3.05) is 20.1 Å². The molecule has 2 heteroatoms. The number of likely N-dealkylation sites (N-methyl/N-ethyl adjacent to an activating group) is 1. The van der Waals surface area contributed by atoms with Gasteiger partial charge in [0.05, 0.1) is 0 Å². The average Bonchev–Trinajstić information content (AvgIpc) is 2.73. The molecule has 0 saturated carbocycles. The molecule has 0 aliphatic heterocycles. The summed E-state index contributed by atoms with van der Waals surface area (Å²) in [4.78, 5) is 2.31. The lowest BCUT2D eigenvalue weighted by Gasteiger charge is -2.37. The first kappa shape index (κ1) is 19.3. The molecule has 0 aromatic heterocycles. The molecule has 0 radical (unpaired) electrons. The van der Waals surface area contributed by atoms with Crippen molar-refractivity contribution in [3.05, 3.63) is 108 Å². The quantitative estimate of drug-likeness (QED) is 0.628. The third-order valence-corrected chi connectivity index (χ3v) is 5.35. The van der Waals surface area contributed by atoms with Gasteiger partial charge in [0.15, 0.2) is 0 Å². The molecule has 2 nitrogen and oxygen atoms in total. The minimum atomic E-state index is -1.01. The van der Waals surface area contributed by atoms with Gasteiger partial charge in [-0.05, 0) is 30.2 Å². The van der Waals surface area contributed by atoms with Gasteiger partial charge in [0.1, 0.15) is 5.60 Å². The summed E-state index contributed by atoms with van der Waals surface area (Å²) in [6.45, 7) is 3.92. The highest BCUT2D eigenvalue weighted by atomic mass is 16.3. The Morgan fingerprint density at radius 1 is 0.778 bits per heavy atom. The topological polar surface area (TPSA) is 23.5 Å². The normalized spacial score (nSPS) is 12.9. The van der Waals surface area contributed by atoms with Crippen LogP contribution in [0.2, 0.25) is 0 Å². The third kappa shape index (κ3) is 4.65. The smallest absolute Gasteiger partial charge is 0.118 e. The van der Waals surface area contributed by atoms with Crippen molar-refractivity contribution in [3.63, 3.8) is 0 Å². The lowest BCUT2D eigenvalue weighted by Crippen LogP contribution is -2.41. The molecule has 0 bridgehead atoms. The molecule has 1 atom stereocenters. The van der Waals surface area contributed by atoms with Crippen molar-refractivity contribution in [1.29, 1.82) is 0 Å². The molecular weight excluding hydrogens is 330 g/mol. The number of aliphatic hydroxyl groups is 1. The monoisotopic (exact) mass is 359 g/mol. The second-order valence-electron chi connectivity index (χ2n) is 7.40. The molecule has 3 rings (SSSR count). The van der Waals surface area contributed by atoms with Crippen molar-refractivity contribution < 1.29 is 5.11 Å². The van der Waals surface area contributed by atoms with E-state index in [0.29, 0.717) is 0 Å². The Morgan fingerprint density at radius 2 is 1.22 bits per heavy atom. The molecule has 3 aromatic rings. The van der Waals surface area contributed by atoms with E-state index in [1.165, 1.54) is 5.56 Å². The Kier molecular flexibility index (Phi) is 6.44. The highest BCUT2D eigenvalue weighted by Gasteiger charge is 2.37. The van der Waals surface area contributed by atoms with E-state index in [4.69, 9.17) is 0 Å². The Labute approximate surface area is 163 Å². The van der Waals surface area contributed by atoms with Crippen molar-refractivity contribution in [2.45, 2.75) is 18.9 Å². The van der Waals surface area contributed by atoms with E-state index in [-0.39, 0.29) is 5.92 Å². The number of nitrogens with zero attached hydrogens (tertiary/aromatic N) is 1. The van der Waals surface area contributed by atoms with E-state index in [0.717, 1.165) is 30.6 Å². The molecule has 0 fully saturated rings. The molecular formula is C25H29NO. The van der Waals surface area contributed by atoms with E-state index in [1.807, 2.05) is 60.7 Å². The highest BCUT2D eigenvalue weighted by Crippen LogP contribution is 2.37. The number of benzene rings is 3. The van der Waals surface area contributed by atoms with Crippen molar-refractivity contribution in [1.82, 2.24) is 4.90 Å². The fourth-order valence-corrected chi connectivity index (χ4v) is 3.78. The van der Waals surface area contributed by atoms with Gasteiger partial charge < -0.3 is 10.0 Å². The maximum absolute atomic E-state index is 11.8. The minimum Gasteiger partial charge on any atom is -0.380 e. The van der Waals surface area contributed by atoms with Crippen LogP contribution in [0.15, 0.2) is 91.0 Å². The predicted octanol–water partition coefficient (Wildman–Crippen LogP) is 4.73. The Bertz CT molecular complexity index is 762. The lowest BCUT2D eigenvalue weighted by atomic mass is 9.76. The van der Waals surface area contributed by atoms with Gasteiger partial charge >= 0.3 is 0 Å². The molecule has 0 aliphatic carbocycles. The van der Waals surface area contributed by atoms with Crippen molar-refractivity contribution in [3.8, 4) is 0 Å². The maximum Gasteiger partial charge on any atom is 0.118 e. The van der Waals surface area contributed by atoms with E-state index in [2.05, 4.69) is 49.2 Å². The van der Waals surface area contributed by atoms with E-state index < -0.39 is 5.60 Å². The van der Waals surface area contributed by atoms with Gasteiger partial charge in [-0.15, -0.1) is 0 Å². The number of rotatable bonds is 8. The fraction of sp³-hybridized carbons (Fsp3) is 0.280. The van der Waals surface area contributed by atoms with E-state index in [1.54, 1.807) is 0 Å². The molecule has 1 unspecified atom stereocenters. The van der Waals surface area contributed by atoms with Crippen LogP contribution in [-0.2, 0) is 12.0 Å². The van der Waals surface area contributed by atoms with Crippen LogP contribution in [0.1, 0.15) is 23.6 Å². The zero-order chi connectivity index (χ0) is 19.1. The van der Waals surface area contributed by atoms with Crippen LogP contribution in [0, 0.1) is 5.92 Å². The first-order valence-electron chi connectivity index (χ1n) is 9.66. The van der Waals surface area contributed by atoms with Gasteiger partial charge in [0.2, 0.25) is 0 Å². The molecule has 1 N–H and O–H groups in total. The number of hydrogen-bond donors (Lipinski definition) is 1. The van der Waals surface area contributed by atoms with Crippen molar-refractivity contribution >= 4 is 0 Å². The number of hydrogen-bond acceptors (Lipinski definition) is 2. The van der Waals surface area contributed by atoms with Crippen LogP contribution in [0.3, 0.4) is 0 Å². The van der Waals surface area contributed by atoms with Crippen LogP contribution < -0.4 is 0 Å². The maximum atomic E-state index is 11.8. The summed E-state index contributed by atoms with van der Waals surface area (Å²) < 4.78 is 0. The zero-order valence-electron chi connectivity index (χ0n) is 16.3. The van der Waals surface area contributed by atoms with Crippen LogP contribution in [0.5, 0.6) is 0 Å². The third-order valence-electron chi connectivity index (χ3n) is 5.35. The summed E-state index contributed by atoms with van der Waals surface area (Å²) in [6, 6.07) is 30.6. The van der Waals surface area contributed by atoms with Gasteiger partial charge in [0.25, 0.3) is 0 Å². The van der Waals surface area contributed by atoms with Gasteiger partial charge in [-0.25, -0.2) is 0 Å². The average molecular weight is 360 g/mol. The molecule has 0 spiro atoms. The molecule has 140 valence electrons. The largest absolute Gasteiger partial charge is 0.380 e. The Balaban J connectivity index is 1.76. The van der Waals surface area contributed by atoms with Gasteiger partial charge in [0, 0.05) is 19.0 Å². The summed E-state index contributed by atoms with van der Waals surface area (Å²) in [5.74, 6) is 0.0445. The molecule has 0 amide bonds. The highest BCUT2D eigenvalue weighted by molar-refractivity contribution is 5.36. The SMILES string of the molecule is CC(CN(C)CCc1ccccc1)C(O)(c1ccccc1)c1ccccc1. The molecule has 0 aliphatic rings.